The Morgan fingerprint density at radius 1 is 1.30 bits per heavy atom. The van der Waals surface area contributed by atoms with Crippen LogP contribution in [0.2, 0.25) is 0 Å². The van der Waals surface area contributed by atoms with Gasteiger partial charge in [-0.25, -0.2) is 0 Å². The zero-order chi connectivity index (χ0) is 15.3. The Hall–Kier alpha value is -1.84. The lowest BCUT2D eigenvalue weighted by Gasteiger charge is -2.33. The molecule has 0 aliphatic heterocycles. The summed E-state index contributed by atoms with van der Waals surface area (Å²) >= 11 is 0. The molecule has 1 rings (SSSR count). The molecule has 0 heterocycles. The van der Waals surface area contributed by atoms with Gasteiger partial charge in [-0.2, -0.15) is 0 Å². The van der Waals surface area contributed by atoms with Gasteiger partial charge in [-0.3, -0.25) is 9.59 Å². The van der Waals surface area contributed by atoms with Gasteiger partial charge in [0, 0.05) is 5.54 Å². The molecular formula is C16H23NO3. The van der Waals surface area contributed by atoms with E-state index in [-0.39, 0.29) is 24.7 Å². The maximum absolute atomic E-state index is 12.2. The number of benzene rings is 1. The van der Waals surface area contributed by atoms with Crippen molar-refractivity contribution in [2.24, 2.45) is 5.92 Å². The smallest absolute Gasteiger partial charge is 0.305 e. The first-order chi connectivity index (χ1) is 9.24. The Balaban J connectivity index is 2.77. The monoisotopic (exact) mass is 277 g/mol. The van der Waals surface area contributed by atoms with Gasteiger partial charge in [-0.1, -0.05) is 38.1 Å². The lowest BCUT2D eigenvalue weighted by molar-refractivity contribution is -0.139. The van der Waals surface area contributed by atoms with Gasteiger partial charge in [-0.05, 0) is 30.9 Å². The van der Waals surface area contributed by atoms with Crippen LogP contribution in [0.1, 0.15) is 38.3 Å². The number of carboxylic acids is 1. The summed E-state index contributed by atoms with van der Waals surface area (Å²) in [5, 5.41) is 11.9. The number of hydrogen-bond donors (Lipinski definition) is 2. The number of nitrogens with one attached hydrogen (secondary N) is 1. The molecule has 0 bridgehead atoms. The first-order valence-electron chi connectivity index (χ1n) is 6.82. The van der Waals surface area contributed by atoms with Gasteiger partial charge in [-0.15, -0.1) is 0 Å². The number of carboxylic acid groups (broad SMARTS) is 1. The minimum Gasteiger partial charge on any atom is -0.481 e. The molecule has 1 amide bonds. The van der Waals surface area contributed by atoms with Gasteiger partial charge >= 0.3 is 5.97 Å². The maximum Gasteiger partial charge on any atom is 0.305 e. The summed E-state index contributed by atoms with van der Waals surface area (Å²) in [4.78, 5) is 23.1. The van der Waals surface area contributed by atoms with Gasteiger partial charge < -0.3 is 10.4 Å². The summed E-state index contributed by atoms with van der Waals surface area (Å²) in [7, 11) is 0. The highest BCUT2D eigenvalue weighted by Gasteiger charge is 2.32. The average Bonchev–Trinajstić information content (AvgIpc) is 2.30. The average molecular weight is 277 g/mol. The highest BCUT2D eigenvalue weighted by molar-refractivity contribution is 5.80. The molecule has 1 aromatic carbocycles. The van der Waals surface area contributed by atoms with Crippen LogP contribution < -0.4 is 5.32 Å². The van der Waals surface area contributed by atoms with E-state index in [1.54, 1.807) is 6.92 Å². The van der Waals surface area contributed by atoms with Crippen molar-refractivity contribution in [3.8, 4) is 0 Å². The van der Waals surface area contributed by atoms with Crippen LogP contribution in [0.5, 0.6) is 0 Å². The lowest BCUT2D eigenvalue weighted by atomic mass is 9.85. The van der Waals surface area contributed by atoms with E-state index in [4.69, 9.17) is 5.11 Å². The minimum absolute atomic E-state index is 0.0411. The van der Waals surface area contributed by atoms with Gasteiger partial charge in [0.1, 0.15) is 0 Å². The van der Waals surface area contributed by atoms with E-state index in [0.717, 1.165) is 11.1 Å². The van der Waals surface area contributed by atoms with Crippen molar-refractivity contribution < 1.29 is 14.7 Å². The van der Waals surface area contributed by atoms with E-state index in [9.17, 15) is 9.59 Å². The highest BCUT2D eigenvalue weighted by atomic mass is 16.4. The second-order valence-electron chi connectivity index (χ2n) is 5.79. The molecule has 4 heteroatoms. The van der Waals surface area contributed by atoms with Crippen molar-refractivity contribution in [1.29, 1.82) is 0 Å². The Morgan fingerprint density at radius 3 is 2.40 bits per heavy atom. The molecule has 4 nitrogen and oxygen atoms in total. The predicted octanol–water partition coefficient (Wildman–Crippen LogP) is 2.54. The molecule has 2 N–H and O–H groups in total. The number of carbonyl (C=O) groups is 2. The molecule has 0 saturated carbocycles. The molecular weight excluding hydrogens is 254 g/mol. The van der Waals surface area contributed by atoms with Crippen molar-refractivity contribution in [3.63, 3.8) is 0 Å². The lowest BCUT2D eigenvalue weighted by Crippen LogP contribution is -2.51. The van der Waals surface area contributed by atoms with Crippen LogP contribution in [0.3, 0.4) is 0 Å². The summed E-state index contributed by atoms with van der Waals surface area (Å²) in [5.41, 5.74) is 1.30. The van der Waals surface area contributed by atoms with Gasteiger partial charge in [0.15, 0.2) is 0 Å². The molecule has 0 saturated heterocycles. The number of hydrogen-bond acceptors (Lipinski definition) is 2. The van der Waals surface area contributed by atoms with Crippen molar-refractivity contribution in [2.45, 2.75) is 46.1 Å². The number of amides is 1. The van der Waals surface area contributed by atoms with Crippen LogP contribution in [0.4, 0.5) is 0 Å². The number of carbonyl (C=O) groups excluding carboxylic acids is 1. The Bertz CT molecular complexity index is 496. The first kappa shape index (κ1) is 16.2. The quantitative estimate of drug-likeness (QED) is 0.839. The fourth-order valence-electron chi connectivity index (χ4n) is 2.05. The molecule has 20 heavy (non-hydrogen) atoms. The van der Waals surface area contributed by atoms with Crippen LogP contribution >= 0.6 is 0 Å². The number of aryl methyl sites for hydroxylation is 1. The van der Waals surface area contributed by atoms with Crippen LogP contribution in [-0.2, 0) is 16.0 Å². The Labute approximate surface area is 120 Å². The topological polar surface area (TPSA) is 66.4 Å². The van der Waals surface area contributed by atoms with Crippen LogP contribution in [0, 0.1) is 12.8 Å². The summed E-state index contributed by atoms with van der Waals surface area (Å²) < 4.78 is 0. The molecule has 0 radical (unpaired) electrons. The van der Waals surface area contributed by atoms with E-state index in [1.165, 1.54) is 0 Å². The predicted molar refractivity (Wildman–Crippen MR) is 78.5 cm³/mol. The minimum atomic E-state index is -0.905. The maximum atomic E-state index is 12.2. The normalized spacial score (nSPS) is 13.8. The van der Waals surface area contributed by atoms with E-state index in [2.05, 4.69) is 5.32 Å². The zero-order valence-corrected chi connectivity index (χ0v) is 12.6. The summed E-state index contributed by atoms with van der Waals surface area (Å²) in [5.74, 6) is -1.01. The number of rotatable bonds is 6. The van der Waals surface area contributed by atoms with Gasteiger partial charge in [0.25, 0.3) is 0 Å². The van der Waals surface area contributed by atoms with E-state index < -0.39 is 11.5 Å². The Morgan fingerprint density at radius 2 is 1.90 bits per heavy atom. The fourth-order valence-corrected chi connectivity index (χ4v) is 2.05. The molecule has 110 valence electrons. The van der Waals surface area contributed by atoms with Gasteiger partial charge in [0.05, 0.1) is 12.8 Å². The molecule has 0 aromatic heterocycles. The summed E-state index contributed by atoms with van der Waals surface area (Å²) in [6, 6.07) is 7.70. The Kier molecular flexibility index (Phi) is 5.31. The SMILES string of the molecule is Cc1ccccc1CC(=O)NC(C)(CC(=O)O)C(C)C. The summed E-state index contributed by atoms with van der Waals surface area (Å²) in [6.07, 6.45) is 0.193. The molecule has 0 fully saturated rings. The number of aliphatic carboxylic acids is 1. The van der Waals surface area contributed by atoms with Crippen molar-refractivity contribution in [1.82, 2.24) is 5.32 Å². The first-order valence-corrected chi connectivity index (χ1v) is 6.82. The van der Waals surface area contributed by atoms with Crippen LogP contribution in [0.15, 0.2) is 24.3 Å². The molecule has 1 atom stereocenters. The summed E-state index contributed by atoms with van der Waals surface area (Å²) in [6.45, 7) is 7.57. The van der Waals surface area contributed by atoms with E-state index in [0.29, 0.717) is 0 Å². The van der Waals surface area contributed by atoms with Crippen LogP contribution in [-0.4, -0.2) is 22.5 Å². The molecule has 1 unspecified atom stereocenters. The van der Waals surface area contributed by atoms with E-state index in [1.807, 2.05) is 45.0 Å². The molecule has 0 aliphatic carbocycles. The van der Waals surface area contributed by atoms with Crippen molar-refractivity contribution in [2.75, 3.05) is 0 Å². The molecule has 1 aromatic rings. The van der Waals surface area contributed by atoms with Gasteiger partial charge in [0.2, 0.25) is 5.91 Å². The largest absolute Gasteiger partial charge is 0.481 e. The highest BCUT2D eigenvalue weighted by Crippen LogP contribution is 2.21. The second kappa shape index (κ2) is 6.55. The van der Waals surface area contributed by atoms with Crippen molar-refractivity contribution >= 4 is 11.9 Å². The third-order valence-corrected chi connectivity index (χ3v) is 3.83. The third-order valence-electron chi connectivity index (χ3n) is 3.83. The van der Waals surface area contributed by atoms with E-state index >= 15 is 0 Å². The zero-order valence-electron chi connectivity index (χ0n) is 12.6. The van der Waals surface area contributed by atoms with Crippen LogP contribution in [0.25, 0.3) is 0 Å². The fraction of sp³-hybridized carbons (Fsp3) is 0.500. The molecule has 0 aliphatic rings. The standard InChI is InChI=1S/C16H23NO3/c1-11(2)16(4,10-15(19)20)17-14(18)9-13-8-6-5-7-12(13)3/h5-8,11H,9-10H2,1-4H3,(H,17,18)(H,19,20). The molecule has 0 spiro atoms. The second-order valence-corrected chi connectivity index (χ2v) is 5.79. The third kappa shape index (κ3) is 4.37. The van der Waals surface area contributed by atoms with Crippen molar-refractivity contribution in [3.05, 3.63) is 35.4 Å².